The molecule has 4 rings (SSSR count). The molecule has 3 saturated carbocycles. The van der Waals surface area contributed by atoms with Gasteiger partial charge in [-0.2, -0.15) is 12.6 Å². The van der Waals surface area contributed by atoms with Gasteiger partial charge in [0.1, 0.15) is 0 Å². The molecule has 0 saturated heterocycles. The van der Waals surface area contributed by atoms with E-state index in [0.717, 1.165) is 49.3 Å². The summed E-state index contributed by atoms with van der Waals surface area (Å²) < 4.78 is 0. The fourth-order valence-corrected chi connectivity index (χ4v) is 7.49. The predicted octanol–water partition coefficient (Wildman–Crippen LogP) is 1.93. The molecule has 0 aromatic rings. The van der Waals surface area contributed by atoms with Crippen LogP contribution in [0.5, 0.6) is 0 Å². The quantitative estimate of drug-likeness (QED) is 0.492. The van der Waals surface area contributed by atoms with Crippen molar-refractivity contribution >= 4 is 18.6 Å². The Morgan fingerprint density at radius 3 is 2.64 bits per heavy atom. The van der Waals surface area contributed by atoms with Gasteiger partial charge < -0.3 is 20.3 Å². The number of quaternary nitrogens is 1. The monoisotopic (exact) mass is 409 g/mol. The highest BCUT2D eigenvalue weighted by Crippen LogP contribution is 2.64. The molecule has 160 valence electrons. The van der Waals surface area contributed by atoms with Crippen molar-refractivity contribution in [1.82, 2.24) is 0 Å². The fourth-order valence-electron chi connectivity index (χ4n) is 7.35. The summed E-state index contributed by atoms with van der Waals surface area (Å²) in [5, 5.41) is 21.6. The van der Waals surface area contributed by atoms with Crippen LogP contribution in [0, 0.1) is 28.6 Å². The number of fused-ring (bicyclic) bond motifs is 5. The van der Waals surface area contributed by atoms with E-state index in [1.807, 2.05) is 0 Å². The van der Waals surface area contributed by atoms with Crippen LogP contribution >= 0.6 is 12.6 Å². The molecule has 0 heterocycles. The Bertz CT molecular complexity index is 605. The molecular weight excluding hydrogens is 370 g/mol. The molecular formula is C23H39NO3S. The Morgan fingerprint density at radius 2 is 1.96 bits per heavy atom. The summed E-state index contributed by atoms with van der Waals surface area (Å²) in [6.45, 7) is 7.28. The minimum absolute atomic E-state index is 0.0820. The molecule has 0 amide bonds. The number of aliphatic hydroxyl groups excluding tert-OH is 1. The summed E-state index contributed by atoms with van der Waals surface area (Å²) >= 11 is 4.42. The molecule has 3 fully saturated rings. The number of rotatable bonds is 3. The standard InChI is InChI=1S/C21H35NOS.C2H4O2/c1-20-9-7-15(23)13-14(20)3-4-16-17-5-6-19(22-11-12-24)21(17,2)10-8-18(16)20;1-2(3)4/h3,15-19,22-24H,4-13H2,1-2H3;1H3,(H,3,4)/t15-,16?,17?,18?,19-,20-,21-;/m0./s1. The molecule has 3 N–H and O–H groups in total. The number of allylic oxidation sites excluding steroid dienone is 1. The van der Waals surface area contributed by atoms with Crippen LogP contribution in [-0.4, -0.2) is 35.5 Å². The molecule has 28 heavy (non-hydrogen) atoms. The third-order valence-electron chi connectivity index (χ3n) is 8.73. The number of thiol groups is 1. The highest BCUT2D eigenvalue weighted by atomic mass is 32.1. The Balaban J connectivity index is 0.000000516. The van der Waals surface area contributed by atoms with Crippen molar-refractivity contribution < 1.29 is 20.3 Å². The number of carboxylic acid groups (broad SMARTS) is 1. The number of carbonyl (C=O) groups excluding carboxylic acids is 1. The van der Waals surface area contributed by atoms with Gasteiger partial charge in [0.05, 0.1) is 18.7 Å². The molecule has 0 bridgehead atoms. The van der Waals surface area contributed by atoms with E-state index in [1.54, 1.807) is 5.57 Å². The first-order valence-electron chi connectivity index (χ1n) is 11.2. The van der Waals surface area contributed by atoms with E-state index >= 15 is 0 Å². The second-order valence-electron chi connectivity index (χ2n) is 10.1. The summed E-state index contributed by atoms with van der Waals surface area (Å²) in [6.07, 6.45) is 12.6. The Morgan fingerprint density at radius 1 is 1.25 bits per heavy atom. The first-order valence-corrected chi connectivity index (χ1v) is 11.8. The van der Waals surface area contributed by atoms with Gasteiger partial charge in [-0.1, -0.05) is 25.5 Å². The van der Waals surface area contributed by atoms with Crippen LogP contribution in [-0.2, 0) is 4.79 Å². The van der Waals surface area contributed by atoms with Crippen LogP contribution in [0.4, 0.5) is 0 Å². The number of aliphatic carboxylic acids is 1. The SMILES string of the molecule is CC(=O)[O-].C[C@]12CC[C@H](O)CC1=CCC1C2CC[C@@]2(C)C1CC[C@@H]2[NH2+]CCS. The van der Waals surface area contributed by atoms with Gasteiger partial charge in [0.25, 0.3) is 0 Å². The van der Waals surface area contributed by atoms with Gasteiger partial charge in [-0.25, -0.2) is 0 Å². The molecule has 3 unspecified atom stereocenters. The van der Waals surface area contributed by atoms with Crippen molar-refractivity contribution in [3.63, 3.8) is 0 Å². The molecule has 4 nitrogen and oxygen atoms in total. The normalized spacial score (nSPS) is 44.3. The number of aliphatic hydroxyl groups is 1. The maximum atomic E-state index is 10.1. The third kappa shape index (κ3) is 4.04. The van der Waals surface area contributed by atoms with Crippen molar-refractivity contribution in [1.29, 1.82) is 0 Å². The second-order valence-corrected chi connectivity index (χ2v) is 10.6. The minimum Gasteiger partial charge on any atom is -0.550 e. The van der Waals surface area contributed by atoms with Crippen LogP contribution in [0.1, 0.15) is 72.1 Å². The van der Waals surface area contributed by atoms with Crippen LogP contribution in [0.25, 0.3) is 0 Å². The van der Waals surface area contributed by atoms with Crippen LogP contribution in [0.3, 0.4) is 0 Å². The summed E-state index contributed by atoms with van der Waals surface area (Å²) in [6, 6.07) is 0.821. The molecule has 0 radical (unpaired) electrons. The van der Waals surface area contributed by atoms with Crippen LogP contribution in [0.2, 0.25) is 0 Å². The fraction of sp³-hybridized carbons (Fsp3) is 0.870. The van der Waals surface area contributed by atoms with Gasteiger partial charge in [0.15, 0.2) is 0 Å². The maximum absolute atomic E-state index is 10.1. The van der Waals surface area contributed by atoms with Gasteiger partial charge in [-0.3, -0.25) is 0 Å². The number of nitrogens with two attached hydrogens (primary N) is 1. The largest absolute Gasteiger partial charge is 0.550 e. The summed E-state index contributed by atoms with van der Waals surface area (Å²) in [4.78, 5) is 8.89. The van der Waals surface area contributed by atoms with E-state index in [1.165, 1.54) is 45.1 Å². The van der Waals surface area contributed by atoms with E-state index < -0.39 is 5.97 Å². The number of carbonyl (C=O) groups is 1. The lowest BCUT2D eigenvalue weighted by atomic mass is 9.48. The van der Waals surface area contributed by atoms with E-state index in [0.29, 0.717) is 10.8 Å². The van der Waals surface area contributed by atoms with Crippen molar-refractivity contribution in [2.24, 2.45) is 28.6 Å². The molecule has 0 aliphatic heterocycles. The van der Waals surface area contributed by atoms with Gasteiger partial charge in [-0.15, -0.1) is 0 Å². The number of hydrogen-bond donors (Lipinski definition) is 3. The van der Waals surface area contributed by atoms with Crippen molar-refractivity contribution in [3.8, 4) is 0 Å². The zero-order valence-electron chi connectivity index (χ0n) is 17.8. The van der Waals surface area contributed by atoms with Crippen molar-refractivity contribution in [3.05, 3.63) is 11.6 Å². The first-order chi connectivity index (χ1) is 13.2. The minimum atomic E-state index is -1.08. The molecule has 0 aromatic heterocycles. The zero-order chi connectivity index (χ0) is 20.5. The van der Waals surface area contributed by atoms with Gasteiger partial charge in [0, 0.05) is 23.6 Å². The molecule has 7 atom stereocenters. The summed E-state index contributed by atoms with van der Waals surface area (Å²) in [5.41, 5.74) is 2.53. The van der Waals surface area contributed by atoms with E-state index in [2.05, 4.69) is 37.9 Å². The number of hydrogen-bond acceptors (Lipinski definition) is 4. The molecule has 0 spiro atoms. The van der Waals surface area contributed by atoms with Gasteiger partial charge in [-0.05, 0) is 75.0 Å². The van der Waals surface area contributed by atoms with E-state index in [4.69, 9.17) is 9.90 Å². The number of carboxylic acids is 1. The third-order valence-corrected chi connectivity index (χ3v) is 8.99. The average molecular weight is 410 g/mol. The van der Waals surface area contributed by atoms with E-state index in [9.17, 15) is 5.11 Å². The summed E-state index contributed by atoms with van der Waals surface area (Å²) in [7, 11) is 0. The summed E-state index contributed by atoms with van der Waals surface area (Å²) in [5.74, 6) is 2.59. The van der Waals surface area contributed by atoms with E-state index in [-0.39, 0.29) is 6.10 Å². The van der Waals surface area contributed by atoms with Crippen molar-refractivity contribution in [2.75, 3.05) is 12.3 Å². The van der Waals surface area contributed by atoms with Crippen LogP contribution < -0.4 is 10.4 Å². The zero-order valence-corrected chi connectivity index (χ0v) is 18.7. The maximum Gasteiger partial charge on any atom is 0.0916 e. The predicted molar refractivity (Wildman–Crippen MR) is 113 cm³/mol. The topological polar surface area (TPSA) is 77.0 Å². The van der Waals surface area contributed by atoms with Crippen LogP contribution in [0.15, 0.2) is 11.6 Å². The van der Waals surface area contributed by atoms with Crippen molar-refractivity contribution in [2.45, 2.75) is 84.3 Å². The highest BCUT2D eigenvalue weighted by Gasteiger charge is 2.59. The molecule has 0 aromatic carbocycles. The average Bonchev–Trinajstić information content (AvgIpc) is 2.96. The Hall–Kier alpha value is -0.520. The molecule has 4 aliphatic rings. The lowest BCUT2D eigenvalue weighted by Gasteiger charge is -2.57. The van der Waals surface area contributed by atoms with Gasteiger partial charge >= 0.3 is 0 Å². The second kappa shape index (κ2) is 8.69. The lowest BCUT2D eigenvalue weighted by molar-refractivity contribution is -0.697. The Kier molecular flexibility index (Phi) is 6.88. The highest BCUT2D eigenvalue weighted by molar-refractivity contribution is 7.80. The molecule has 5 heteroatoms. The smallest absolute Gasteiger partial charge is 0.0916 e. The Labute approximate surface area is 176 Å². The van der Waals surface area contributed by atoms with Gasteiger partial charge in [0.2, 0.25) is 0 Å². The molecule has 4 aliphatic carbocycles. The first kappa shape index (κ1) is 22.2. The lowest BCUT2D eigenvalue weighted by Crippen LogP contribution is -2.93.